The summed E-state index contributed by atoms with van der Waals surface area (Å²) in [6, 6.07) is 11.1. The van der Waals surface area contributed by atoms with Crippen LogP contribution in [0.3, 0.4) is 0 Å². The second-order valence-corrected chi connectivity index (χ2v) is 6.97. The summed E-state index contributed by atoms with van der Waals surface area (Å²) in [6.07, 6.45) is 0.648. The van der Waals surface area contributed by atoms with Crippen LogP contribution >= 0.6 is 11.8 Å². The molecule has 0 saturated carbocycles. The van der Waals surface area contributed by atoms with Gasteiger partial charge in [-0.1, -0.05) is 30.0 Å². The summed E-state index contributed by atoms with van der Waals surface area (Å²) < 4.78 is 10.3. The number of aromatic nitrogens is 1. The van der Waals surface area contributed by atoms with Crippen LogP contribution in [-0.2, 0) is 16.0 Å². The van der Waals surface area contributed by atoms with E-state index in [2.05, 4.69) is 10.3 Å². The van der Waals surface area contributed by atoms with Gasteiger partial charge in [0.1, 0.15) is 16.8 Å². The second-order valence-electron chi connectivity index (χ2n) is 6.01. The molecule has 0 radical (unpaired) electrons. The molecule has 0 atom stereocenters. The zero-order valence-electron chi connectivity index (χ0n) is 16.7. The normalized spacial score (nSPS) is 10.1. The Bertz CT molecular complexity index is 925. The Morgan fingerprint density at radius 1 is 1.31 bits per heavy atom. The molecule has 1 aromatic carbocycles. The molecule has 2 aromatic rings. The predicted octanol–water partition coefficient (Wildman–Crippen LogP) is 2.90. The molecule has 0 fully saturated rings. The lowest BCUT2D eigenvalue weighted by Gasteiger charge is -2.10. The molecular weight excluding hydrogens is 390 g/mol. The summed E-state index contributed by atoms with van der Waals surface area (Å²) in [5.41, 5.74) is 1.97. The Hall–Kier alpha value is -3.05. The molecule has 0 unspecified atom stereocenters. The molecule has 1 N–H and O–H groups in total. The highest BCUT2D eigenvalue weighted by Crippen LogP contribution is 2.23. The van der Waals surface area contributed by atoms with E-state index >= 15 is 0 Å². The first kappa shape index (κ1) is 22.2. The number of ether oxygens (including phenoxy) is 2. The summed E-state index contributed by atoms with van der Waals surface area (Å²) >= 11 is 1.16. The number of rotatable bonds is 9. The minimum atomic E-state index is -0.514. The number of nitriles is 1. The number of methoxy groups -OCH3 is 1. The molecule has 8 heteroatoms. The maximum absolute atomic E-state index is 12.2. The van der Waals surface area contributed by atoms with Gasteiger partial charge in [-0.25, -0.2) is 9.78 Å². The van der Waals surface area contributed by atoms with Crippen LogP contribution < -0.4 is 10.1 Å². The largest absolute Gasteiger partial charge is 0.496 e. The average molecular weight is 413 g/mol. The first-order chi connectivity index (χ1) is 14.0. The van der Waals surface area contributed by atoms with Crippen molar-refractivity contribution < 1.29 is 19.1 Å². The molecule has 2 rings (SSSR count). The number of para-hydroxylation sites is 1. The van der Waals surface area contributed by atoms with Gasteiger partial charge < -0.3 is 14.8 Å². The molecule has 7 nitrogen and oxygen atoms in total. The van der Waals surface area contributed by atoms with E-state index < -0.39 is 5.97 Å². The fourth-order valence-corrected chi connectivity index (χ4v) is 3.45. The maximum Gasteiger partial charge on any atom is 0.340 e. The first-order valence-corrected chi connectivity index (χ1v) is 10.1. The Kier molecular flexibility index (Phi) is 8.49. The number of esters is 1. The number of carbonyl (C=O) groups excluding carboxylic acids is 2. The van der Waals surface area contributed by atoms with E-state index in [1.54, 1.807) is 21.0 Å². The van der Waals surface area contributed by atoms with Crippen LogP contribution in [0.5, 0.6) is 5.75 Å². The Labute approximate surface area is 174 Å². The number of nitrogens with one attached hydrogen (secondary N) is 1. The number of benzene rings is 1. The fourth-order valence-electron chi connectivity index (χ4n) is 2.62. The maximum atomic E-state index is 12.2. The number of amides is 1. The van der Waals surface area contributed by atoms with Gasteiger partial charge in [-0.2, -0.15) is 5.26 Å². The highest BCUT2D eigenvalue weighted by atomic mass is 32.2. The molecule has 0 aliphatic heterocycles. The molecule has 0 saturated heterocycles. The van der Waals surface area contributed by atoms with Crippen LogP contribution in [0, 0.1) is 18.3 Å². The van der Waals surface area contributed by atoms with Gasteiger partial charge in [-0.05, 0) is 38.0 Å². The Balaban J connectivity index is 1.93. The van der Waals surface area contributed by atoms with Crippen LogP contribution in [0.1, 0.15) is 34.1 Å². The number of nitrogens with zero attached hydrogens (tertiary/aromatic N) is 2. The van der Waals surface area contributed by atoms with Gasteiger partial charge in [0.2, 0.25) is 5.91 Å². The summed E-state index contributed by atoms with van der Waals surface area (Å²) in [5.74, 6) is 0.227. The van der Waals surface area contributed by atoms with Crippen LogP contribution in [-0.4, -0.2) is 42.9 Å². The monoisotopic (exact) mass is 413 g/mol. The molecule has 0 aliphatic carbocycles. The van der Waals surface area contributed by atoms with Crippen molar-refractivity contribution in [2.75, 3.05) is 26.0 Å². The van der Waals surface area contributed by atoms with Gasteiger partial charge in [-0.15, -0.1) is 0 Å². The molecule has 0 aliphatic rings. The van der Waals surface area contributed by atoms with Crippen LogP contribution in [0.15, 0.2) is 35.4 Å². The molecular formula is C21H23N3O4S. The lowest BCUT2D eigenvalue weighted by molar-refractivity contribution is -0.118. The topological polar surface area (TPSA) is 101 Å². The minimum absolute atomic E-state index is 0.117. The summed E-state index contributed by atoms with van der Waals surface area (Å²) in [4.78, 5) is 28.4. The van der Waals surface area contributed by atoms with Gasteiger partial charge >= 0.3 is 5.97 Å². The van der Waals surface area contributed by atoms with Crippen molar-refractivity contribution >= 4 is 23.6 Å². The fraction of sp³-hybridized carbons (Fsp3) is 0.333. The number of pyridine rings is 1. The standard InChI is InChI=1S/C21H23N3O4S/c1-4-28-21(26)17-11-16(12-22)20(24-14(17)2)29-13-19(25)23-10-9-15-7-5-6-8-18(15)27-3/h5-8,11H,4,9-10,13H2,1-3H3,(H,23,25). The third kappa shape index (κ3) is 6.22. The smallest absolute Gasteiger partial charge is 0.340 e. The molecule has 0 spiro atoms. The lowest BCUT2D eigenvalue weighted by Crippen LogP contribution is -2.27. The third-order valence-electron chi connectivity index (χ3n) is 4.04. The highest BCUT2D eigenvalue weighted by Gasteiger charge is 2.17. The van der Waals surface area contributed by atoms with Crippen molar-refractivity contribution in [3.05, 3.63) is 52.7 Å². The molecule has 0 bridgehead atoms. The van der Waals surface area contributed by atoms with Gasteiger partial charge in [-0.3, -0.25) is 4.79 Å². The number of thioether (sulfide) groups is 1. The van der Waals surface area contributed by atoms with Crippen LogP contribution in [0.25, 0.3) is 0 Å². The van der Waals surface area contributed by atoms with Crippen molar-refractivity contribution in [1.29, 1.82) is 5.26 Å². The van der Waals surface area contributed by atoms with E-state index in [0.717, 1.165) is 23.1 Å². The number of aryl methyl sites for hydroxylation is 1. The van der Waals surface area contributed by atoms with E-state index in [4.69, 9.17) is 9.47 Å². The SMILES string of the molecule is CCOC(=O)c1cc(C#N)c(SCC(=O)NCCc2ccccc2OC)nc1C. The van der Waals surface area contributed by atoms with E-state index in [1.807, 2.05) is 30.3 Å². The van der Waals surface area contributed by atoms with Crippen molar-refractivity contribution in [2.24, 2.45) is 0 Å². The third-order valence-corrected chi connectivity index (χ3v) is 5.03. The van der Waals surface area contributed by atoms with E-state index in [-0.39, 0.29) is 29.4 Å². The molecule has 152 valence electrons. The van der Waals surface area contributed by atoms with E-state index in [1.165, 1.54) is 6.07 Å². The lowest BCUT2D eigenvalue weighted by atomic mass is 10.1. The summed E-state index contributed by atoms with van der Waals surface area (Å²) in [7, 11) is 1.61. The Morgan fingerprint density at radius 3 is 2.76 bits per heavy atom. The first-order valence-electron chi connectivity index (χ1n) is 9.10. The van der Waals surface area contributed by atoms with Gasteiger partial charge in [0.15, 0.2) is 0 Å². The Morgan fingerprint density at radius 2 is 2.07 bits per heavy atom. The van der Waals surface area contributed by atoms with Gasteiger partial charge in [0.25, 0.3) is 0 Å². The molecule has 29 heavy (non-hydrogen) atoms. The zero-order chi connectivity index (χ0) is 21.2. The highest BCUT2D eigenvalue weighted by molar-refractivity contribution is 8.00. The molecule has 1 aromatic heterocycles. The number of carbonyl (C=O) groups is 2. The summed E-state index contributed by atoms with van der Waals surface area (Å²) in [5, 5.41) is 12.6. The van der Waals surface area contributed by atoms with Crippen LogP contribution in [0.2, 0.25) is 0 Å². The average Bonchev–Trinajstić information content (AvgIpc) is 2.72. The van der Waals surface area contributed by atoms with Crippen LogP contribution in [0.4, 0.5) is 0 Å². The van der Waals surface area contributed by atoms with Gasteiger partial charge in [0.05, 0.1) is 36.3 Å². The number of hydrogen-bond acceptors (Lipinski definition) is 7. The van der Waals surface area contributed by atoms with Crippen molar-refractivity contribution in [2.45, 2.75) is 25.3 Å². The zero-order valence-corrected chi connectivity index (χ0v) is 17.5. The summed E-state index contributed by atoms with van der Waals surface area (Å²) in [6.45, 7) is 4.10. The quantitative estimate of drug-likeness (QED) is 0.498. The van der Waals surface area contributed by atoms with Crippen molar-refractivity contribution in [3.8, 4) is 11.8 Å². The molecule has 1 heterocycles. The molecule has 1 amide bonds. The predicted molar refractivity (Wildman–Crippen MR) is 110 cm³/mol. The number of hydrogen-bond donors (Lipinski definition) is 1. The van der Waals surface area contributed by atoms with Crippen molar-refractivity contribution in [1.82, 2.24) is 10.3 Å². The van der Waals surface area contributed by atoms with Crippen molar-refractivity contribution in [3.63, 3.8) is 0 Å². The van der Waals surface area contributed by atoms with E-state index in [9.17, 15) is 14.9 Å². The van der Waals surface area contributed by atoms with E-state index in [0.29, 0.717) is 23.7 Å². The van der Waals surface area contributed by atoms with Gasteiger partial charge in [0, 0.05) is 6.54 Å². The minimum Gasteiger partial charge on any atom is -0.496 e. The second kappa shape index (κ2) is 11.1.